The average molecular weight is 283 g/mol. The molecule has 1 amide bonds. The lowest BCUT2D eigenvalue weighted by Gasteiger charge is -2.35. The topological polar surface area (TPSA) is 83.6 Å². The van der Waals surface area contributed by atoms with E-state index in [0.717, 1.165) is 12.8 Å². The molecule has 2 rings (SSSR count). The number of carbonyl (C=O) groups is 2. The van der Waals surface area contributed by atoms with Gasteiger partial charge in [0, 0.05) is 12.2 Å². The van der Waals surface area contributed by atoms with E-state index in [-0.39, 0.29) is 10.6 Å². The van der Waals surface area contributed by atoms with E-state index in [1.807, 2.05) is 4.90 Å². The molecule has 1 aliphatic rings. The van der Waals surface area contributed by atoms with Crippen LogP contribution >= 0.6 is 11.6 Å². The first-order valence-electron chi connectivity index (χ1n) is 6.09. The second kappa shape index (κ2) is 5.48. The van der Waals surface area contributed by atoms with Gasteiger partial charge in [0.2, 0.25) is 5.91 Å². The zero-order chi connectivity index (χ0) is 14.0. The van der Waals surface area contributed by atoms with Crippen molar-refractivity contribution in [3.05, 3.63) is 28.8 Å². The number of carbonyl (C=O) groups excluding carboxylic acids is 1. The van der Waals surface area contributed by atoms with E-state index in [0.29, 0.717) is 18.7 Å². The molecule has 1 atom stereocenters. The summed E-state index contributed by atoms with van der Waals surface area (Å²) in [5, 5.41) is 9.48. The minimum Gasteiger partial charge on any atom is -0.480 e. The molecule has 0 saturated carbocycles. The third-order valence-corrected chi connectivity index (χ3v) is 3.65. The molecule has 0 aromatic heterocycles. The Balaban J connectivity index is 2.32. The zero-order valence-corrected chi connectivity index (χ0v) is 11.1. The highest BCUT2D eigenvalue weighted by Gasteiger charge is 2.28. The summed E-state index contributed by atoms with van der Waals surface area (Å²) in [6, 6.07) is 4.29. The van der Waals surface area contributed by atoms with Gasteiger partial charge in [0.1, 0.15) is 6.04 Å². The minimum atomic E-state index is -0.838. The SMILES string of the molecule is NC(=O)c1ccc(N2CCCCC2C(=O)O)cc1Cl. The van der Waals surface area contributed by atoms with E-state index in [4.69, 9.17) is 17.3 Å². The Morgan fingerprint density at radius 3 is 2.68 bits per heavy atom. The normalized spacial score (nSPS) is 19.2. The van der Waals surface area contributed by atoms with Crippen LogP contribution in [0.2, 0.25) is 5.02 Å². The van der Waals surface area contributed by atoms with E-state index in [1.165, 1.54) is 6.07 Å². The van der Waals surface area contributed by atoms with Crippen molar-refractivity contribution >= 4 is 29.2 Å². The van der Waals surface area contributed by atoms with Crippen LogP contribution in [-0.2, 0) is 4.79 Å². The summed E-state index contributed by atoms with van der Waals surface area (Å²) in [6.07, 6.45) is 2.46. The van der Waals surface area contributed by atoms with E-state index in [2.05, 4.69) is 0 Å². The number of hydrogen-bond donors (Lipinski definition) is 2. The standard InChI is InChI=1S/C13H15ClN2O3/c14-10-7-8(4-5-9(10)12(15)17)16-6-2-1-3-11(16)13(18)19/h4-5,7,11H,1-3,6H2,(H2,15,17)(H,18,19). The van der Waals surface area contributed by atoms with Crippen molar-refractivity contribution < 1.29 is 14.7 Å². The van der Waals surface area contributed by atoms with Gasteiger partial charge in [0.25, 0.3) is 0 Å². The van der Waals surface area contributed by atoms with Gasteiger partial charge in [-0.05, 0) is 37.5 Å². The lowest BCUT2D eigenvalue weighted by atomic mass is 10.0. The largest absolute Gasteiger partial charge is 0.480 e. The van der Waals surface area contributed by atoms with Crippen LogP contribution < -0.4 is 10.6 Å². The van der Waals surface area contributed by atoms with Crippen molar-refractivity contribution in [3.8, 4) is 0 Å². The number of amides is 1. The average Bonchev–Trinajstić information content (AvgIpc) is 2.38. The number of aliphatic carboxylic acids is 1. The summed E-state index contributed by atoms with van der Waals surface area (Å²) in [5.41, 5.74) is 6.14. The lowest BCUT2D eigenvalue weighted by molar-refractivity contribution is -0.139. The van der Waals surface area contributed by atoms with Gasteiger partial charge in [-0.2, -0.15) is 0 Å². The van der Waals surface area contributed by atoms with Gasteiger partial charge in [-0.3, -0.25) is 4.79 Å². The fraction of sp³-hybridized carbons (Fsp3) is 0.385. The van der Waals surface area contributed by atoms with E-state index in [1.54, 1.807) is 12.1 Å². The predicted octanol–water partition coefficient (Wildman–Crippen LogP) is 1.88. The maximum absolute atomic E-state index is 11.2. The van der Waals surface area contributed by atoms with Crippen LogP contribution in [0.4, 0.5) is 5.69 Å². The number of primary amides is 1. The molecule has 1 unspecified atom stereocenters. The molecular formula is C13H15ClN2O3. The molecule has 1 aliphatic heterocycles. The highest BCUT2D eigenvalue weighted by molar-refractivity contribution is 6.34. The molecule has 1 saturated heterocycles. The van der Waals surface area contributed by atoms with Crippen LogP contribution in [0.3, 0.4) is 0 Å². The van der Waals surface area contributed by atoms with Crippen LogP contribution in [0.25, 0.3) is 0 Å². The first-order valence-corrected chi connectivity index (χ1v) is 6.47. The third-order valence-electron chi connectivity index (χ3n) is 3.34. The Hall–Kier alpha value is -1.75. The molecule has 102 valence electrons. The van der Waals surface area contributed by atoms with Crippen molar-refractivity contribution in [3.63, 3.8) is 0 Å². The van der Waals surface area contributed by atoms with Crippen molar-refractivity contribution in [1.29, 1.82) is 0 Å². The summed E-state index contributed by atoms with van der Waals surface area (Å²) in [4.78, 5) is 24.2. The Bertz CT molecular complexity index is 519. The van der Waals surface area contributed by atoms with Gasteiger partial charge in [0.05, 0.1) is 10.6 Å². The maximum atomic E-state index is 11.2. The number of halogens is 1. The van der Waals surface area contributed by atoms with Crippen LogP contribution in [-0.4, -0.2) is 29.6 Å². The number of nitrogens with zero attached hydrogens (tertiary/aromatic N) is 1. The number of piperidine rings is 1. The zero-order valence-electron chi connectivity index (χ0n) is 10.3. The molecule has 1 fully saturated rings. The smallest absolute Gasteiger partial charge is 0.326 e. The molecular weight excluding hydrogens is 268 g/mol. The quantitative estimate of drug-likeness (QED) is 0.887. The number of hydrogen-bond acceptors (Lipinski definition) is 3. The molecule has 3 N–H and O–H groups in total. The van der Waals surface area contributed by atoms with Crippen molar-refractivity contribution in [2.24, 2.45) is 5.73 Å². The van der Waals surface area contributed by atoms with E-state index >= 15 is 0 Å². The van der Waals surface area contributed by atoms with E-state index < -0.39 is 17.9 Å². The number of anilines is 1. The van der Waals surface area contributed by atoms with Gasteiger partial charge in [0.15, 0.2) is 0 Å². The van der Waals surface area contributed by atoms with Gasteiger partial charge in [-0.15, -0.1) is 0 Å². The molecule has 0 spiro atoms. The van der Waals surface area contributed by atoms with Crippen molar-refractivity contribution in [2.75, 3.05) is 11.4 Å². The van der Waals surface area contributed by atoms with Crippen LogP contribution in [0.1, 0.15) is 29.6 Å². The highest BCUT2D eigenvalue weighted by Crippen LogP contribution is 2.28. The third kappa shape index (κ3) is 2.81. The summed E-state index contributed by atoms with van der Waals surface area (Å²) >= 11 is 6.00. The van der Waals surface area contributed by atoms with Crippen LogP contribution in [0, 0.1) is 0 Å². The Morgan fingerprint density at radius 1 is 1.37 bits per heavy atom. The van der Waals surface area contributed by atoms with Gasteiger partial charge >= 0.3 is 5.97 Å². The number of carboxylic acid groups (broad SMARTS) is 1. The fourth-order valence-electron chi connectivity index (χ4n) is 2.38. The minimum absolute atomic E-state index is 0.245. The summed E-state index contributed by atoms with van der Waals surface area (Å²) < 4.78 is 0. The number of benzene rings is 1. The molecule has 1 aromatic rings. The van der Waals surface area contributed by atoms with Gasteiger partial charge in [-0.1, -0.05) is 11.6 Å². The second-order valence-corrected chi connectivity index (χ2v) is 4.98. The van der Waals surface area contributed by atoms with Crippen LogP contribution in [0.5, 0.6) is 0 Å². The summed E-state index contributed by atoms with van der Waals surface area (Å²) in [7, 11) is 0. The molecule has 1 heterocycles. The summed E-state index contributed by atoms with van der Waals surface area (Å²) in [5.74, 6) is -1.43. The van der Waals surface area contributed by atoms with Crippen molar-refractivity contribution in [1.82, 2.24) is 0 Å². The maximum Gasteiger partial charge on any atom is 0.326 e. The Labute approximate surface area is 116 Å². The highest BCUT2D eigenvalue weighted by atomic mass is 35.5. The number of rotatable bonds is 3. The monoisotopic (exact) mass is 282 g/mol. The fourth-order valence-corrected chi connectivity index (χ4v) is 2.65. The number of nitrogens with two attached hydrogens (primary N) is 1. The molecule has 6 heteroatoms. The van der Waals surface area contributed by atoms with Gasteiger partial charge < -0.3 is 15.7 Å². The molecule has 0 aliphatic carbocycles. The molecule has 5 nitrogen and oxygen atoms in total. The molecule has 1 aromatic carbocycles. The van der Waals surface area contributed by atoms with Gasteiger partial charge in [-0.25, -0.2) is 4.79 Å². The summed E-state index contributed by atoms with van der Waals surface area (Å²) in [6.45, 7) is 0.670. The molecule has 0 bridgehead atoms. The number of carboxylic acids is 1. The Kier molecular flexibility index (Phi) is 3.95. The lowest BCUT2D eigenvalue weighted by Crippen LogP contribution is -2.44. The first kappa shape index (κ1) is 13.7. The Morgan fingerprint density at radius 2 is 2.11 bits per heavy atom. The first-order chi connectivity index (χ1) is 9.00. The van der Waals surface area contributed by atoms with Crippen LogP contribution in [0.15, 0.2) is 18.2 Å². The predicted molar refractivity (Wildman–Crippen MR) is 72.6 cm³/mol. The van der Waals surface area contributed by atoms with Crippen molar-refractivity contribution in [2.45, 2.75) is 25.3 Å². The molecule has 19 heavy (non-hydrogen) atoms. The second-order valence-electron chi connectivity index (χ2n) is 4.57. The van der Waals surface area contributed by atoms with E-state index in [9.17, 15) is 14.7 Å². The molecule has 0 radical (unpaired) electrons.